The summed E-state index contributed by atoms with van der Waals surface area (Å²) in [6.07, 6.45) is 4.48. The number of rotatable bonds is 2. The lowest BCUT2D eigenvalue weighted by molar-refractivity contribution is -0.152. The van der Waals surface area contributed by atoms with Crippen LogP contribution in [0.15, 0.2) is 0 Å². The van der Waals surface area contributed by atoms with Crippen molar-refractivity contribution in [1.29, 1.82) is 0 Å². The Hall–Kier alpha value is -1.39. The summed E-state index contributed by atoms with van der Waals surface area (Å²) in [5.41, 5.74) is 0. The van der Waals surface area contributed by atoms with Gasteiger partial charge in [-0.2, -0.15) is 0 Å². The first kappa shape index (κ1) is 12.1. The molecule has 2 rings (SSSR count). The number of amides is 3. The predicted octanol–water partition coefficient (Wildman–Crippen LogP) is 0.440. The second-order valence-corrected chi connectivity index (χ2v) is 4.78. The molecule has 2 fully saturated rings. The van der Waals surface area contributed by atoms with E-state index in [1.165, 1.54) is 4.90 Å². The number of carbonyl (C=O) groups excluding carboxylic acids is 3. The lowest BCUT2D eigenvalue weighted by Gasteiger charge is -2.35. The minimum atomic E-state index is -0.471. The Morgan fingerprint density at radius 1 is 1.35 bits per heavy atom. The molecule has 1 heterocycles. The summed E-state index contributed by atoms with van der Waals surface area (Å²) in [5, 5.41) is 2.28. The summed E-state index contributed by atoms with van der Waals surface area (Å²) in [5.74, 6) is -0.707. The van der Waals surface area contributed by atoms with E-state index in [2.05, 4.69) is 5.32 Å². The summed E-state index contributed by atoms with van der Waals surface area (Å²) in [7, 11) is 0. The van der Waals surface area contributed by atoms with Gasteiger partial charge >= 0.3 is 0 Å². The number of nitrogens with zero attached hydrogens (tertiary/aromatic N) is 1. The Labute approximate surface area is 101 Å². The molecule has 1 atom stereocenters. The van der Waals surface area contributed by atoms with Crippen molar-refractivity contribution in [1.82, 2.24) is 10.2 Å². The van der Waals surface area contributed by atoms with Gasteiger partial charge < -0.3 is 4.90 Å². The van der Waals surface area contributed by atoms with Gasteiger partial charge in [0.15, 0.2) is 0 Å². The van der Waals surface area contributed by atoms with E-state index in [-0.39, 0.29) is 30.2 Å². The summed E-state index contributed by atoms with van der Waals surface area (Å²) < 4.78 is 0. The van der Waals surface area contributed by atoms with Crippen LogP contribution in [0.5, 0.6) is 0 Å². The first-order valence-corrected chi connectivity index (χ1v) is 6.27. The molecule has 94 valence electrons. The van der Waals surface area contributed by atoms with Crippen LogP contribution in [0.2, 0.25) is 0 Å². The molecule has 3 amide bonds. The van der Waals surface area contributed by atoms with Crippen LogP contribution in [-0.2, 0) is 14.4 Å². The maximum Gasteiger partial charge on any atom is 0.249 e. The molecule has 1 N–H and O–H groups in total. The van der Waals surface area contributed by atoms with Gasteiger partial charge in [0, 0.05) is 5.92 Å². The Bertz CT molecular complexity index is 348. The van der Waals surface area contributed by atoms with Crippen LogP contribution in [-0.4, -0.2) is 35.2 Å². The van der Waals surface area contributed by atoms with Gasteiger partial charge in [0.1, 0.15) is 12.6 Å². The molecule has 1 saturated carbocycles. The Kier molecular flexibility index (Phi) is 3.45. The standard InChI is InChI=1S/C12H18N2O3/c1-2-9-11(16)13-10(15)7-14(9)12(17)8-5-3-4-6-8/h8-9H,2-7H2,1H3,(H,13,15,16). The van der Waals surface area contributed by atoms with Crippen LogP contribution in [0.25, 0.3) is 0 Å². The third-order valence-electron chi connectivity index (χ3n) is 3.63. The molecule has 5 nitrogen and oxygen atoms in total. The average molecular weight is 238 g/mol. The lowest BCUT2D eigenvalue weighted by Crippen LogP contribution is -2.60. The Balaban J connectivity index is 2.12. The number of nitrogens with one attached hydrogen (secondary N) is 1. The Morgan fingerprint density at radius 2 is 2.00 bits per heavy atom. The normalized spacial score (nSPS) is 26.2. The zero-order valence-electron chi connectivity index (χ0n) is 10.1. The van der Waals surface area contributed by atoms with Gasteiger partial charge in [0.05, 0.1) is 0 Å². The molecule has 17 heavy (non-hydrogen) atoms. The minimum absolute atomic E-state index is 0.0162. The molecule has 0 spiro atoms. The summed E-state index contributed by atoms with van der Waals surface area (Å²) in [4.78, 5) is 36.7. The predicted molar refractivity (Wildman–Crippen MR) is 60.9 cm³/mol. The number of hydrogen-bond donors (Lipinski definition) is 1. The number of carbonyl (C=O) groups is 3. The fourth-order valence-electron chi connectivity index (χ4n) is 2.71. The first-order chi connectivity index (χ1) is 8.13. The van der Waals surface area contributed by atoms with E-state index in [0.717, 1.165) is 25.7 Å². The molecular weight excluding hydrogens is 220 g/mol. The minimum Gasteiger partial charge on any atom is -0.321 e. The largest absolute Gasteiger partial charge is 0.321 e. The lowest BCUT2D eigenvalue weighted by atomic mass is 10.0. The van der Waals surface area contributed by atoms with Gasteiger partial charge in [0.2, 0.25) is 17.7 Å². The third-order valence-corrected chi connectivity index (χ3v) is 3.63. The van der Waals surface area contributed by atoms with Gasteiger partial charge in [-0.15, -0.1) is 0 Å². The molecule has 0 bridgehead atoms. The molecule has 0 radical (unpaired) electrons. The Morgan fingerprint density at radius 3 is 2.59 bits per heavy atom. The second kappa shape index (κ2) is 4.85. The van der Waals surface area contributed by atoms with Crippen molar-refractivity contribution in [2.75, 3.05) is 6.54 Å². The van der Waals surface area contributed by atoms with Crippen LogP contribution < -0.4 is 5.32 Å². The molecular formula is C12H18N2O3. The molecule has 1 aliphatic heterocycles. The van der Waals surface area contributed by atoms with E-state index in [1.54, 1.807) is 0 Å². The maximum atomic E-state index is 12.3. The number of piperazine rings is 1. The van der Waals surface area contributed by atoms with E-state index in [4.69, 9.17) is 0 Å². The SMILES string of the molecule is CCC1C(=O)NC(=O)CN1C(=O)C1CCCC1. The number of hydrogen-bond acceptors (Lipinski definition) is 3. The highest BCUT2D eigenvalue weighted by Gasteiger charge is 2.38. The summed E-state index contributed by atoms with van der Waals surface area (Å²) in [6.45, 7) is 1.88. The van der Waals surface area contributed by atoms with Gasteiger partial charge in [-0.05, 0) is 19.3 Å². The van der Waals surface area contributed by atoms with Crippen molar-refractivity contribution in [3.63, 3.8) is 0 Å². The highest BCUT2D eigenvalue weighted by atomic mass is 16.2. The van der Waals surface area contributed by atoms with E-state index in [1.807, 2.05) is 6.92 Å². The van der Waals surface area contributed by atoms with Crippen LogP contribution in [0, 0.1) is 5.92 Å². The molecule has 0 aromatic carbocycles. The van der Waals surface area contributed by atoms with Crippen molar-refractivity contribution in [3.05, 3.63) is 0 Å². The third kappa shape index (κ3) is 2.33. The second-order valence-electron chi connectivity index (χ2n) is 4.78. The van der Waals surface area contributed by atoms with Crippen LogP contribution >= 0.6 is 0 Å². The van der Waals surface area contributed by atoms with E-state index in [0.29, 0.717) is 6.42 Å². The van der Waals surface area contributed by atoms with E-state index < -0.39 is 6.04 Å². The maximum absolute atomic E-state index is 12.3. The van der Waals surface area contributed by atoms with Crippen LogP contribution in [0.1, 0.15) is 39.0 Å². The van der Waals surface area contributed by atoms with Crippen molar-refractivity contribution in [2.45, 2.75) is 45.1 Å². The van der Waals surface area contributed by atoms with Crippen LogP contribution in [0.4, 0.5) is 0 Å². The van der Waals surface area contributed by atoms with Crippen molar-refractivity contribution in [2.24, 2.45) is 5.92 Å². The average Bonchev–Trinajstić information content (AvgIpc) is 2.80. The molecule has 0 aromatic rings. The van der Waals surface area contributed by atoms with Gasteiger partial charge in [0.25, 0.3) is 0 Å². The first-order valence-electron chi connectivity index (χ1n) is 6.27. The van der Waals surface area contributed by atoms with Gasteiger partial charge in [-0.1, -0.05) is 19.8 Å². The topological polar surface area (TPSA) is 66.5 Å². The monoisotopic (exact) mass is 238 g/mol. The van der Waals surface area contributed by atoms with Crippen LogP contribution in [0.3, 0.4) is 0 Å². The van der Waals surface area contributed by atoms with Gasteiger partial charge in [-0.25, -0.2) is 0 Å². The smallest absolute Gasteiger partial charge is 0.249 e. The molecule has 1 saturated heterocycles. The fourth-order valence-corrected chi connectivity index (χ4v) is 2.71. The molecule has 1 unspecified atom stereocenters. The molecule has 0 aromatic heterocycles. The van der Waals surface area contributed by atoms with Gasteiger partial charge in [-0.3, -0.25) is 19.7 Å². The van der Waals surface area contributed by atoms with Crippen molar-refractivity contribution in [3.8, 4) is 0 Å². The van der Waals surface area contributed by atoms with E-state index in [9.17, 15) is 14.4 Å². The summed E-state index contributed by atoms with van der Waals surface area (Å²) >= 11 is 0. The highest BCUT2D eigenvalue weighted by Crippen LogP contribution is 2.28. The quantitative estimate of drug-likeness (QED) is 0.710. The highest BCUT2D eigenvalue weighted by molar-refractivity contribution is 6.04. The summed E-state index contributed by atoms with van der Waals surface area (Å²) in [6, 6.07) is -0.471. The molecule has 5 heteroatoms. The van der Waals surface area contributed by atoms with Crippen molar-refractivity contribution >= 4 is 17.7 Å². The van der Waals surface area contributed by atoms with Crippen molar-refractivity contribution < 1.29 is 14.4 Å². The zero-order chi connectivity index (χ0) is 12.4. The number of imide groups is 1. The molecule has 2 aliphatic rings. The van der Waals surface area contributed by atoms with E-state index >= 15 is 0 Å². The zero-order valence-corrected chi connectivity index (χ0v) is 10.1. The fraction of sp³-hybridized carbons (Fsp3) is 0.750. The molecule has 1 aliphatic carbocycles.